The van der Waals surface area contributed by atoms with Crippen molar-refractivity contribution in [1.29, 1.82) is 0 Å². The van der Waals surface area contributed by atoms with Gasteiger partial charge in [0.15, 0.2) is 0 Å². The molecule has 1 aliphatic rings. The third-order valence-electron chi connectivity index (χ3n) is 0.777. The lowest BCUT2D eigenvalue weighted by atomic mass is 10.4. The number of rotatable bonds is 0. The van der Waals surface area contributed by atoms with E-state index >= 15 is 0 Å². The molecular formula is C4H5BO2. The van der Waals surface area contributed by atoms with Gasteiger partial charge in [-0.15, -0.1) is 0 Å². The highest BCUT2D eigenvalue weighted by Crippen LogP contribution is 2.13. The van der Waals surface area contributed by atoms with Crippen molar-refractivity contribution in [2.75, 3.05) is 0 Å². The van der Waals surface area contributed by atoms with Crippen molar-refractivity contribution in [1.82, 2.24) is 0 Å². The molecule has 36 valence electrons. The molecule has 0 bridgehead atoms. The van der Waals surface area contributed by atoms with Gasteiger partial charge in [0.2, 0.25) is 0 Å². The molecule has 0 aliphatic carbocycles. The normalized spacial score (nSPS) is 17.7. The van der Waals surface area contributed by atoms with Gasteiger partial charge in [0.25, 0.3) is 0 Å². The first kappa shape index (κ1) is 4.31. The molecule has 1 heterocycles. The van der Waals surface area contributed by atoms with Crippen LogP contribution in [0.5, 0.6) is 0 Å². The van der Waals surface area contributed by atoms with E-state index in [-0.39, 0.29) is 7.69 Å². The third kappa shape index (κ3) is 0.608. The van der Waals surface area contributed by atoms with Gasteiger partial charge in [-0.05, 0) is 0 Å². The highest BCUT2D eigenvalue weighted by atomic mass is 16.6. The molecular weight excluding hydrogens is 90.9 g/mol. The van der Waals surface area contributed by atoms with Gasteiger partial charge in [-0.3, -0.25) is 0 Å². The van der Waals surface area contributed by atoms with Gasteiger partial charge in [0.05, 0.1) is 0 Å². The highest BCUT2D eigenvalue weighted by Gasteiger charge is 2.12. The molecule has 0 radical (unpaired) electrons. The molecule has 1 saturated heterocycles. The van der Waals surface area contributed by atoms with Crippen LogP contribution in [-0.4, -0.2) is 7.69 Å². The molecule has 3 heteroatoms. The van der Waals surface area contributed by atoms with Crippen LogP contribution in [0.4, 0.5) is 0 Å². The minimum Gasteiger partial charge on any atom is -0.526 e. The summed E-state index contributed by atoms with van der Waals surface area (Å²) in [6.45, 7) is 6.98. The van der Waals surface area contributed by atoms with Crippen molar-refractivity contribution in [3.63, 3.8) is 0 Å². The van der Waals surface area contributed by atoms with E-state index in [1.54, 1.807) is 0 Å². The Labute approximate surface area is 42.7 Å². The molecule has 0 unspecified atom stereocenters. The molecule has 1 aliphatic heterocycles. The van der Waals surface area contributed by atoms with Crippen LogP contribution in [-0.2, 0) is 9.31 Å². The fourth-order valence-electron chi connectivity index (χ4n) is 0.333. The maximum absolute atomic E-state index is 4.75. The van der Waals surface area contributed by atoms with E-state index in [0.29, 0.717) is 11.5 Å². The quantitative estimate of drug-likeness (QED) is 0.404. The summed E-state index contributed by atoms with van der Waals surface area (Å²) in [5, 5.41) is 0. The molecule has 0 aromatic rings. The largest absolute Gasteiger partial charge is 0.576 e. The lowest BCUT2D eigenvalue weighted by molar-refractivity contribution is 0.452. The molecule has 0 saturated carbocycles. The maximum atomic E-state index is 4.75. The Morgan fingerprint density at radius 3 is 1.71 bits per heavy atom. The van der Waals surface area contributed by atoms with Crippen LogP contribution in [0.1, 0.15) is 0 Å². The fourth-order valence-corrected chi connectivity index (χ4v) is 0.333. The van der Waals surface area contributed by atoms with E-state index in [1.807, 2.05) is 0 Å². The summed E-state index contributed by atoms with van der Waals surface area (Å²) in [7, 11) is 0.275. The summed E-state index contributed by atoms with van der Waals surface area (Å²) < 4.78 is 9.50. The predicted octanol–water partition coefficient (Wildman–Crippen LogP) is 0.327. The van der Waals surface area contributed by atoms with E-state index < -0.39 is 0 Å². The molecule has 0 atom stereocenters. The Bertz CT molecular complexity index is 105. The molecule has 2 nitrogen and oxygen atoms in total. The average Bonchev–Trinajstić information content (AvgIpc) is 1.91. The Morgan fingerprint density at radius 1 is 1.14 bits per heavy atom. The van der Waals surface area contributed by atoms with Crippen molar-refractivity contribution in [2.24, 2.45) is 0 Å². The second-order valence-corrected chi connectivity index (χ2v) is 1.25. The predicted molar refractivity (Wildman–Crippen MR) is 27.6 cm³/mol. The van der Waals surface area contributed by atoms with Gasteiger partial charge >= 0.3 is 7.69 Å². The topological polar surface area (TPSA) is 18.5 Å². The van der Waals surface area contributed by atoms with E-state index in [1.165, 1.54) is 0 Å². The first-order valence-corrected chi connectivity index (χ1v) is 1.94. The van der Waals surface area contributed by atoms with Crippen LogP contribution >= 0.6 is 0 Å². The van der Waals surface area contributed by atoms with Gasteiger partial charge in [0.1, 0.15) is 11.5 Å². The Balaban J connectivity index is 2.65. The smallest absolute Gasteiger partial charge is 0.526 e. The summed E-state index contributed by atoms with van der Waals surface area (Å²) in [5.74, 6) is 1.08. The summed E-state index contributed by atoms with van der Waals surface area (Å²) in [4.78, 5) is 0. The van der Waals surface area contributed by atoms with Gasteiger partial charge in [0, 0.05) is 0 Å². The Morgan fingerprint density at radius 2 is 1.57 bits per heavy atom. The highest BCUT2D eigenvalue weighted by molar-refractivity contribution is 6.20. The summed E-state index contributed by atoms with van der Waals surface area (Å²) >= 11 is 0. The van der Waals surface area contributed by atoms with Gasteiger partial charge in [-0.1, -0.05) is 13.2 Å². The Kier molecular flexibility index (Phi) is 0.820. The number of hydrogen-bond donors (Lipinski definition) is 0. The van der Waals surface area contributed by atoms with Crippen LogP contribution in [0.3, 0.4) is 0 Å². The van der Waals surface area contributed by atoms with Crippen LogP contribution in [0.2, 0.25) is 0 Å². The van der Waals surface area contributed by atoms with Gasteiger partial charge < -0.3 is 9.31 Å². The standard InChI is InChI=1S/C4H5BO2/c1-3-4(2)7-5-6-3/h5H,1-2H2. The maximum Gasteiger partial charge on any atom is 0.576 e. The molecule has 1 rings (SSSR count). The molecule has 0 aromatic carbocycles. The van der Waals surface area contributed by atoms with Crippen molar-refractivity contribution < 1.29 is 9.31 Å². The minimum absolute atomic E-state index is 0.275. The van der Waals surface area contributed by atoms with E-state index in [0.717, 1.165) is 0 Å². The summed E-state index contributed by atoms with van der Waals surface area (Å²) in [5.41, 5.74) is 0. The summed E-state index contributed by atoms with van der Waals surface area (Å²) in [6, 6.07) is 0. The first-order valence-electron chi connectivity index (χ1n) is 1.94. The van der Waals surface area contributed by atoms with Gasteiger partial charge in [-0.25, -0.2) is 0 Å². The van der Waals surface area contributed by atoms with E-state index in [9.17, 15) is 0 Å². The zero-order valence-electron chi connectivity index (χ0n) is 3.94. The van der Waals surface area contributed by atoms with Crippen molar-refractivity contribution >= 4 is 7.69 Å². The third-order valence-corrected chi connectivity index (χ3v) is 0.777. The second-order valence-electron chi connectivity index (χ2n) is 1.25. The molecule has 0 amide bonds. The Hall–Kier alpha value is -0.855. The van der Waals surface area contributed by atoms with Crippen LogP contribution < -0.4 is 0 Å². The van der Waals surface area contributed by atoms with Crippen molar-refractivity contribution in [3.8, 4) is 0 Å². The summed E-state index contributed by atoms with van der Waals surface area (Å²) in [6.07, 6.45) is 0. The zero-order valence-corrected chi connectivity index (χ0v) is 3.94. The molecule has 0 aromatic heterocycles. The SMILES string of the molecule is C=C1OBOC1=C. The molecule has 1 fully saturated rings. The van der Waals surface area contributed by atoms with E-state index in [2.05, 4.69) is 13.2 Å². The molecule has 0 spiro atoms. The average molecular weight is 95.9 g/mol. The lowest BCUT2D eigenvalue weighted by Gasteiger charge is -1.88. The molecule has 7 heavy (non-hydrogen) atoms. The minimum atomic E-state index is 0.275. The first-order chi connectivity index (χ1) is 3.30. The monoisotopic (exact) mass is 96.0 g/mol. The van der Waals surface area contributed by atoms with Crippen LogP contribution in [0, 0.1) is 0 Å². The van der Waals surface area contributed by atoms with Crippen molar-refractivity contribution in [3.05, 3.63) is 24.7 Å². The van der Waals surface area contributed by atoms with Crippen LogP contribution in [0.15, 0.2) is 24.7 Å². The number of hydrogen-bond acceptors (Lipinski definition) is 2. The molecule has 0 N–H and O–H groups in total. The lowest BCUT2D eigenvalue weighted by Crippen LogP contribution is -1.82. The van der Waals surface area contributed by atoms with Crippen molar-refractivity contribution in [2.45, 2.75) is 0 Å². The van der Waals surface area contributed by atoms with Gasteiger partial charge in [-0.2, -0.15) is 0 Å². The zero-order chi connectivity index (χ0) is 5.28. The van der Waals surface area contributed by atoms with E-state index in [4.69, 9.17) is 9.31 Å². The second kappa shape index (κ2) is 1.33. The van der Waals surface area contributed by atoms with Crippen LogP contribution in [0.25, 0.3) is 0 Å². The fraction of sp³-hybridized carbons (Fsp3) is 0.